The number of ketones is 1. The number of hydrogen-bond donors (Lipinski definition) is 4. The Morgan fingerprint density at radius 3 is 2.42 bits per heavy atom. The largest absolute Gasteiger partial charge is 0.393 e. The molecule has 0 unspecified atom stereocenters. The average Bonchev–Trinajstić information content (AvgIpc) is 3.07. The molecule has 188 valence electrons. The second kappa shape index (κ2) is 8.91. The molecule has 0 aromatic carbocycles. The Kier molecular flexibility index (Phi) is 6.78. The average molecular weight is 464 g/mol. The molecule has 33 heavy (non-hydrogen) atoms. The van der Waals surface area contributed by atoms with Crippen molar-refractivity contribution in [2.75, 3.05) is 0 Å². The van der Waals surface area contributed by atoms with E-state index < -0.39 is 23.7 Å². The standard InChI is InChI=1S/C27H45NO5/c1-14(2)28-24(33)9-6-15(3)18-7-8-19-25-20(13-23(32)27(18,19)5)26(4)16(11-21(25)30)10-17(29)12-22(26)31/h14-21,23,25,29-30,32H,6-13H2,1-5H3,(H,28,33)/t15-,16+,17+,18-,19+,20+,21-,23+,25+,26+,27-/m1/s1. The van der Waals surface area contributed by atoms with Gasteiger partial charge in [-0.15, -0.1) is 0 Å². The van der Waals surface area contributed by atoms with E-state index >= 15 is 0 Å². The molecule has 4 aliphatic rings. The van der Waals surface area contributed by atoms with Gasteiger partial charge in [-0.2, -0.15) is 0 Å². The molecule has 0 aromatic rings. The fourth-order valence-corrected chi connectivity index (χ4v) is 8.94. The molecule has 4 N–H and O–H groups in total. The monoisotopic (exact) mass is 463 g/mol. The number of Topliss-reactive ketones (excluding diaryl/α,β-unsaturated/α-hetero) is 1. The van der Waals surface area contributed by atoms with Crippen LogP contribution in [0.1, 0.15) is 86.0 Å². The first-order valence-electron chi connectivity index (χ1n) is 13.3. The predicted octanol–water partition coefficient (Wildman–Crippen LogP) is 3.07. The van der Waals surface area contributed by atoms with Gasteiger partial charge in [0.2, 0.25) is 5.91 Å². The zero-order valence-corrected chi connectivity index (χ0v) is 21.1. The lowest BCUT2D eigenvalue weighted by Crippen LogP contribution is -2.64. The minimum atomic E-state index is -0.609. The topological polar surface area (TPSA) is 107 Å². The molecule has 0 saturated heterocycles. The van der Waals surface area contributed by atoms with Gasteiger partial charge in [0.05, 0.1) is 18.3 Å². The van der Waals surface area contributed by atoms with E-state index in [2.05, 4.69) is 19.2 Å². The summed E-state index contributed by atoms with van der Waals surface area (Å²) in [7, 11) is 0. The Hall–Kier alpha value is -0.980. The van der Waals surface area contributed by atoms with E-state index in [1.54, 1.807) is 0 Å². The molecule has 0 heterocycles. The summed E-state index contributed by atoms with van der Waals surface area (Å²) in [5, 5.41) is 36.1. The molecule has 4 rings (SSSR count). The summed E-state index contributed by atoms with van der Waals surface area (Å²) in [5.41, 5.74) is -0.874. The van der Waals surface area contributed by atoms with Gasteiger partial charge in [-0.1, -0.05) is 20.8 Å². The maximum atomic E-state index is 13.2. The minimum absolute atomic E-state index is 0.0142. The van der Waals surface area contributed by atoms with Crippen LogP contribution in [0, 0.1) is 46.3 Å². The zero-order chi connectivity index (χ0) is 24.3. The lowest BCUT2D eigenvalue weighted by molar-refractivity contribution is -0.205. The van der Waals surface area contributed by atoms with E-state index in [0.29, 0.717) is 37.5 Å². The van der Waals surface area contributed by atoms with Crippen molar-refractivity contribution in [1.82, 2.24) is 5.32 Å². The quantitative estimate of drug-likeness (QED) is 0.501. The van der Waals surface area contributed by atoms with Crippen molar-refractivity contribution >= 4 is 11.7 Å². The highest BCUT2D eigenvalue weighted by Gasteiger charge is 2.67. The number of carbonyl (C=O) groups excluding carboxylic acids is 2. The smallest absolute Gasteiger partial charge is 0.220 e. The van der Waals surface area contributed by atoms with Crippen LogP contribution in [0.4, 0.5) is 0 Å². The van der Waals surface area contributed by atoms with E-state index in [9.17, 15) is 24.9 Å². The number of carbonyl (C=O) groups is 2. The molecule has 4 saturated carbocycles. The summed E-state index contributed by atoms with van der Waals surface area (Å²) in [6, 6.07) is 0.139. The third-order valence-electron chi connectivity index (χ3n) is 10.6. The molecule has 0 aliphatic heterocycles. The summed E-state index contributed by atoms with van der Waals surface area (Å²) in [6.45, 7) is 10.4. The van der Waals surface area contributed by atoms with Crippen LogP contribution in [0.25, 0.3) is 0 Å². The molecule has 1 amide bonds. The van der Waals surface area contributed by atoms with Crippen molar-refractivity contribution < 1.29 is 24.9 Å². The summed E-state index contributed by atoms with van der Waals surface area (Å²) >= 11 is 0. The summed E-state index contributed by atoms with van der Waals surface area (Å²) in [4.78, 5) is 25.4. The Bertz CT molecular complexity index is 770. The molecule has 4 aliphatic carbocycles. The zero-order valence-electron chi connectivity index (χ0n) is 21.1. The summed E-state index contributed by atoms with van der Waals surface area (Å²) < 4.78 is 0. The van der Waals surface area contributed by atoms with Crippen LogP contribution in [-0.4, -0.2) is 51.4 Å². The van der Waals surface area contributed by atoms with Crippen molar-refractivity contribution in [2.24, 2.45) is 46.3 Å². The van der Waals surface area contributed by atoms with Crippen LogP contribution < -0.4 is 5.32 Å². The van der Waals surface area contributed by atoms with Crippen molar-refractivity contribution in [1.29, 1.82) is 0 Å². The SMILES string of the molecule is CC(C)NC(=O)CC[C@@H](C)[C@H]1CC[C@H]2[C@@H]3[C@H](O)C[C@@H]4C[C@H](O)CC(=O)[C@]4(C)[C@H]3C[C@H](O)[C@]12C. The van der Waals surface area contributed by atoms with Gasteiger partial charge in [-0.25, -0.2) is 0 Å². The van der Waals surface area contributed by atoms with Crippen LogP contribution in [0.5, 0.6) is 0 Å². The van der Waals surface area contributed by atoms with E-state index in [4.69, 9.17) is 0 Å². The van der Waals surface area contributed by atoms with Crippen molar-refractivity contribution in [2.45, 2.75) is 110 Å². The minimum Gasteiger partial charge on any atom is -0.393 e. The number of aliphatic hydroxyl groups is 3. The number of rotatable bonds is 5. The fourth-order valence-electron chi connectivity index (χ4n) is 8.94. The third kappa shape index (κ3) is 3.98. The van der Waals surface area contributed by atoms with Crippen LogP contribution in [0.15, 0.2) is 0 Å². The molecule has 6 heteroatoms. The first kappa shape index (κ1) is 25.1. The molecule has 4 fully saturated rings. The van der Waals surface area contributed by atoms with Crippen molar-refractivity contribution in [3.05, 3.63) is 0 Å². The second-order valence-electron chi connectivity index (χ2n) is 12.6. The summed E-state index contributed by atoms with van der Waals surface area (Å²) in [5.74, 6) is 0.938. The van der Waals surface area contributed by atoms with E-state index in [0.717, 1.165) is 19.3 Å². The maximum absolute atomic E-state index is 13.2. The van der Waals surface area contributed by atoms with Gasteiger partial charge in [0.15, 0.2) is 0 Å². The van der Waals surface area contributed by atoms with E-state index in [1.165, 1.54) is 0 Å². The highest BCUT2D eigenvalue weighted by atomic mass is 16.3. The fraction of sp³-hybridized carbons (Fsp3) is 0.926. The Labute approximate surface area is 198 Å². The van der Waals surface area contributed by atoms with Crippen LogP contribution in [0.3, 0.4) is 0 Å². The van der Waals surface area contributed by atoms with Gasteiger partial charge >= 0.3 is 0 Å². The Morgan fingerprint density at radius 1 is 1.06 bits per heavy atom. The van der Waals surface area contributed by atoms with E-state index in [1.807, 2.05) is 20.8 Å². The number of aliphatic hydroxyl groups excluding tert-OH is 3. The van der Waals surface area contributed by atoms with Gasteiger partial charge in [-0.3, -0.25) is 9.59 Å². The summed E-state index contributed by atoms with van der Waals surface area (Å²) in [6.07, 6.45) is 3.50. The van der Waals surface area contributed by atoms with Crippen molar-refractivity contribution in [3.63, 3.8) is 0 Å². The molecular formula is C27H45NO5. The van der Waals surface area contributed by atoms with Gasteiger partial charge in [0.1, 0.15) is 5.78 Å². The molecule has 0 radical (unpaired) electrons. The Balaban J connectivity index is 1.55. The van der Waals surface area contributed by atoms with Crippen LogP contribution >= 0.6 is 0 Å². The second-order valence-corrected chi connectivity index (χ2v) is 12.6. The van der Waals surface area contributed by atoms with Gasteiger partial charge in [0.25, 0.3) is 0 Å². The number of fused-ring (bicyclic) bond motifs is 5. The van der Waals surface area contributed by atoms with Gasteiger partial charge in [-0.05, 0) is 93.3 Å². The number of hydrogen-bond acceptors (Lipinski definition) is 5. The molecule has 11 atom stereocenters. The molecule has 0 spiro atoms. The Morgan fingerprint density at radius 2 is 1.76 bits per heavy atom. The lowest BCUT2D eigenvalue weighted by Gasteiger charge is -2.62. The predicted molar refractivity (Wildman–Crippen MR) is 126 cm³/mol. The van der Waals surface area contributed by atoms with E-state index in [-0.39, 0.29) is 53.2 Å². The molecule has 6 nitrogen and oxygen atoms in total. The van der Waals surface area contributed by atoms with Gasteiger partial charge in [0, 0.05) is 24.3 Å². The third-order valence-corrected chi connectivity index (χ3v) is 10.6. The lowest BCUT2D eigenvalue weighted by atomic mass is 9.42. The highest BCUT2D eigenvalue weighted by Crippen LogP contribution is 2.67. The highest BCUT2D eigenvalue weighted by molar-refractivity contribution is 5.86. The van der Waals surface area contributed by atoms with Gasteiger partial charge < -0.3 is 20.6 Å². The number of nitrogens with one attached hydrogen (secondary N) is 1. The normalized spacial score (nSPS) is 48.1. The number of amides is 1. The molecule has 0 aromatic heterocycles. The first-order valence-corrected chi connectivity index (χ1v) is 13.3. The van der Waals surface area contributed by atoms with Crippen LogP contribution in [0.2, 0.25) is 0 Å². The molecule has 0 bridgehead atoms. The van der Waals surface area contributed by atoms with Crippen molar-refractivity contribution in [3.8, 4) is 0 Å². The van der Waals surface area contributed by atoms with Crippen LogP contribution in [-0.2, 0) is 9.59 Å². The molecular weight excluding hydrogens is 418 g/mol. The first-order chi connectivity index (χ1) is 15.4. The maximum Gasteiger partial charge on any atom is 0.220 e.